The lowest BCUT2D eigenvalue weighted by atomic mass is 9.83. The highest BCUT2D eigenvalue weighted by Gasteiger charge is 2.34. The van der Waals surface area contributed by atoms with Crippen molar-refractivity contribution in [3.63, 3.8) is 0 Å². The van der Waals surface area contributed by atoms with Crippen LogP contribution in [0.4, 0.5) is 5.69 Å². The summed E-state index contributed by atoms with van der Waals surface area (Å²) >= 11 is 1.42. The molecule has 1 amide bonds. The van der Waals surface area contributed by atoms with Crippen molar-refractivity contribution in [2.45, 2.75) is 16.7 Å². The quantitative estimate of drug-likeness (QED) is 0.356. The van der Waals surface area contributed by atoms with E-state index < -0.39 is 0 Å². The molecule has 33 heavy (non-hydrogen) atoms. The second-order valence-corrected chi connectivity index (χ2v) is 8.92. The minimum absolute atomic E-state index is 0.218. The Morgan fingerprint density at radius 2 is 1.30 bits per heavy atom. The summed E-state index contributed by atoms with van der Waals surface area (Å²) < 4.78 is 0. The first-order valence-corrected chi connectivity index (χ1v) is 11.3. The van der Waals surface area contributed by atoms with Gasteiger partial charge in [0.05, 0.1) is 11.3 Å². The van der Waals surface area contributed by atoms with Gasteiger partial charge < -0.3 is 5.32 Å². The van der Waals surface area contributed by atoms with E-state index in [0.29, 0.717) is 32.8 Å². The summed E-state index contributed by atoms with van der Waals surface area (Å²) in [7, 11) is 0. The van der Waals surface area contributed by atoms with Crippen LogP contribution >= 0.6 is 11.8 Å². The largest absolute Gasteiger partial charge is 0.321 e. The maximum absolute atomic E-state index is 13.5. The standard InChI is InChI=1S/C28H19NO3S/c1-17-11-13-18(14-12-17)28(32)29-22-15-16-23(33-19-7-3-2-4-8-19)25-24(22)26(30)20-9-5-6-10-21(20)27(25)31/h2-16H,1H3,(H,29,32). The number of hydrogen-bond donors (Lipinski definition) is 1. The highest BCUT2D eigenvalue weighted by Crippen LogP contribution is 2.40. The molecule has 0 heterocycles. The molecule has 0 unspecified atom stereocenters. The summed E-state index contributed by atoms with van der Waals surface area (Å²) in [5.41, 5.74) is 3.15. The lowest BCUT2D eigenvalue weighted by molar-refractivity contribution is 0.0976. The summed E-state index contributed by atoms with van der Waals surface area (Å²) in [6, 6.07) is 27.2. The van der Waals surface area contributed by atoms with Crippen molar-refractivity contribution in [1.82, 2.24) is 0 Å². The molecule has 4 aromatic rings. The van der Waals surface area contributed by atoms with E-state index >= 15 is 0 Å². The van der Waals surface area contributed by atoms with Crippen LogP contribution in [0.1, 0.15) is 47.8 Å². The number of carbonyl (C=O) groups is 3. The first-order valence-electron chi connectivity index (χ1n) is 10.5. The molecule has 0 fully saturated rings. The maximum Gasteiger partial charge on any atom is 0.255 e. The van der Waals surface area contributed by atoms with Gasteiger partial charge in [-0.15, -0.1) is 0 Å². The average Bonchev–Trinajstić information content (AvgIpc) is 2.84. The van der Waals surface area contributed by atoms with Crippen LogP contribution in [0.5, 0.6) is 0 Å². The number of anilines is 1. The van der Waals surface area contributed by atoms with Gasteiger partial charge in [0.1, 0.15) is 0 Å². The maximum atomic E-state index is 13.5. The lowest BCUT2D eigenvalue weighted by Crippen LogP contribution is -2.24. The van der Waals surface area contributed by atoms with Gasteiger partial charge in [-0.2, -0.15) is 0 Å². The molecule has 0 saturated heterocycles. The molecule has 160 valence electrons. The minimum atomic E-state index is -0.334. The van der Waals surface area contributed by atoms with Crippen molar-refractivity contribution < 1.29 is 14.4 Å². The van der Waals surface area contributed by atoms with Crippen molar-refractivity contribution in [3.8, 4) is 0 Å². The number of carbonyl (C=O) groups excluding carboxylic acids is 3. The molecule has 0 radical (unpaired) electrons. The zero-order valence-electron chi connectivity index (χ0n) is 17.8. The first kappa shape index (κ1) is 20.9. The monoisotopic (exact) mass is 449 g/mol. The Morgan fingerprint density at radius 1 is 0.697 bits per heavy atom. The Kier molecular flexibility index (Phi) is 5.40. The Labute approximate surface area is 195 Å². The number of amides is 1. The van der Waals surface area contributed by atoms with Crippen molar-refractivity contribution in [2.75, 3.05) is 5.32 Å². The van der Waals surface area contributed by atoms with Gasteiger partial charge in [0.25, 0.3) is 5.91 Å². The van der Waals surface area contributed by atoms with Crippen LogP contribution in [0.25, 0.3) is 0 Å². The molecule has 0 bridgehead atoms. The van der Waals surface area contributed by atoms with E-state index in [4.69, 9.17) is 0 Å². The molecule has 5 heteroatoms. The highest BCUT2D eigenvalue weighted by atomic mass is 32.2. The fourth-order valence-corrected chi connectivity index (χ4v) is 4.88. The fraction of sp³-hybridized carbons (Fsp3) is 0.0357. The molecule has 0 aliphatic heterocycles. The third-order valence-electron chi connectivity index (χ3n) is 5.57. The predicted octanol–water partition coefficient (Wildman–Crippen LogP) is 6.17. The summed E-state index contributed by atoms with van der Waals surface area (Å²) in [5.74, 6) is -0.820. The number of fused-ring (bicyclic) bond motifs is 2. The molecule has 0 atom stereocenters. The van der Waals surface area contributed by atoms with E-state index in [1.54, 1.807) is 48.5 Å². The van der Waals surface area contributed by atoms with E-state index in [0.717, 1.165) is 10.5 Å². The summed E-state index contributed by atoms with van der Waals surface area (Å²) in [6.07, 6.45) is 0. The van der Waals surface area contributed by atoms with Crippen molar-refractivity contribution in [1.29, 1.82) is 0 Å². The van der Waals surface area contributed by atoms with E-state index in [9.17, 15) is 14.4 Å². The zero-order valence-corrected chi connectivity index (χ0v) is 18.6. The normalized spacial score (nSPS) is 12.2. The average molecular weight is 450 g/mol. The Hall–Kier alpha value is -3.96. The summed E-state index contributed by atoms with van der Waals surface area (Å²) in [5, 5.41) is 2.86. The van der Waals surface area contributed by atoms with Crippen molar-refractivity contribution in [3.05, 3.63) is 124 Å². The molecular weight excluding hydrogens is 430 g/mol. The molecule has 1 aliphatic carbocycles. The molecule has 1 aliphatic rings. The third kappa shape index (κ3) is 3.88. The molecule has 4 aromatic carbocycles. The van der Waals surface area contributed by atoms with Gasteiger partial charge in [-0.25, -0.2) is 0 Å². The minimum Gasteiger partial charge on any atom is -0.321 e. The number of nitrogens with one attached hydrogen (secondary N) is 1. The van der Waals surface area contributed by atoms with Crippen molar-refractivity contribution >= 4 is 34.9 Å². The Bertz CT molecular complexity index is 1410. The van der Waals surface area contributed by atoms with Gasteiger partial charge in [-0.3, -0.25) is 14.4 Å². The number of rotatable bonds is 4. The van der Waals surface area contributed by atoms with Crippen LogP contribution < -0.4 is 5.32 Å². The van der Waals surface area contributed by atoms with Crippen LogP contribution in [-0.2, 0) is 0 Å². The van der Waals surface area contributed by atoms with E-state index in [1.165, 1.54) is 11.8 Å². The number of ketones is 2. The van der Waals surface area contributed by atoms with Crippen molar-refractivity contribution in [2.24, 2.45) is 0 Å². The smallest absolute Gasteiger partial charge is 0.255 e. The van der Waals surface area contributed by atoms with Gasteiger partial charge in [-0.05, 0) is 43.3 Å². The highest BCUT2D eigenvalue weighted by molar-refractivity contribution is 7.99. The lowest BCUT2D eigenvalue weighted by Gasteiger charge is -2.23. The number of benzene rings is 4. The molecule has 4 nitrogen and oxygen atoms in total. The van der Waals surface area contributed by atoms with E-state index in [-0.39, 0.29) is 23.0 Å². The van der Waals surface area contributed by atoms with Gasteiger partial charge in [0, 0.05) is 32.0 Å². The molecule has 0 spiro atoms. The van der Waals surface area contributed by atoms with Crippen LogP contribution in [0.15, 0.2) is 101 Å². The fourth-order valence-electron chi connectivity index (χ4n) is 3.90. The predicted molar refractivity (Wildman–Crippen MR) is 129 cm³/mol. The summed E-state index contributed by atoms with van der Waals surface area (Å²) in [6.45, 7) is 1.95. The Balaban J connectivity index is 1.62. The molecule has 0 saturated carbocycles. The van der Waals surface area contributed by atoms with Gasteiger partial charge in [-0.1, -0.05) is 71.9 Å². The Morgan fingerprint density at radius 3 is 1.97 bits per heavy atom. The molecule has 0 aromatic heterocycles. The van der Waals surface area contributed by atoms with Gasteiger partial charge in [0.2, 0.25) is 0 Å². The SMILES string of the molecule is Cc1ccc(C(=O)Nc2ccc(Sc3ccccc3)c3c2C(=O)c2ccccc2C3=O)cc1. The summed E-state index contributed by atoms with van der Waals surface area (Å²) in [4.78, 5) is 41.6. The van der Waals surface area contributed by atoms with Gasteiger partial charge >= 0.3 is 0 Å². The second kappa shape index (κ2) is 8.52. The molecular formula is C28H19NO3S. The van der Waals surface area contributed by atoms with Gasteiger partial charge in [0.15, 0.2) is 11.6 Å². The second-order valence-electron chi connectivity index (χ2n) is 7.80. The molecule has 1 N–H and O–H groups in total. The molecule has 5 rings (SSSR count). The van der Waals surface area contributed by atoms with Crippen LogP contribution in [-0.4, -0.2) is 17.5 Å². The first-order chi connectivity index (χ1) is 16.0. The zero-order chi connectivity index (χ0) is 22.9. The van der Waals surface area contributed by atoms with Crippen LogP contribution in [0, 0.1) is 6.92 Å². The van der Waals surface area contributed by atoms with E-state index in [1.807, 2.05) is 49.4 Å². The topological polar surface area (TPSA) is 63.2 Å². The van der Waals surface area contributed by atoms with Crippen LogP contribution in [0.3, 0.4) is 0 Å². The van der Waals surface area contributed by atoms with E-state index in [2.05, 4.69) is 5.32 Å². The number of hydrogen-bond acceptors (Lipinski definition) is 4. The van der Waals surface area contributed by atoms with Crippen LogP contribution in [0.2, 0.25) is 0 Å². The third-order valence-corrected chi connectivity index (χ3v) is 6.64. The number of aryl methyl sites for hydroxylation is 1.